The Labute approximate surface area is 183 Å². The number of carbonyl (C=O) groups is 2. The summed E-state index contributed by atoms with van der Waals surface area (Å²) in [7, 11) is 0. The first-order chi connectivity index (χ1) is 15.2. The summed E-state index contributed by atoms with van der Waals surface area (Å²) in [6, 6.07) is 12.2. The van der Waals surface area contributed by atoms with Crippen LogP contribution in [0.15, 0.2) is 61.4 Å². The van der Waals surface area contributed by atoms with E-state index in [1.54, 1.807) is 18.5 Å². The van der Waals surface area contributed by atoms with Crippen LogP contribution in [0.4, 0.5) is 0 Å². The van der Waals surface area contributed by atoms with Gasteiger partial charge in [0.15, 0.2) is 0 Å². The van der Waals surface area contributed by atoms with E-state index >= 15 is 0 Å². The van der Waals surface area contributed by atoms with Gasteiger partial charge in [-0.1, -0.05) is 30.3 Å². The van der Waals surface area contributed by atoms with Crippen LogP contribution < -0.4 is 0 Å². The summed E-state index contributed by atoms with van der Waals surface area (Å²) >= 11 is 0. The maximum Gasteiger partial charge on any atom is 0.251 e. The lowest BCUT2D eigenvalue weighted by Crippen LogP contribution is -2.42. The third kappa shape index (κ3) is 5.02. The molecule has 3 heterocycles. The summed E-state index contributed by atoms with van der Waals surface area (Å²) in [5, 5.41) is 0. The fraction of sp³-hybridized carbons (Fsp3) is 0.400. The van der Waals surface area contributed by atoms with E-state index in [4.69, 9.17) is 4.74 Å². The van der Waals surface area contributed by atoms with Crippen LogP contribution in [-0.4, -0.2) is 65.5 Å². The quantitative estimate of drug-likeness (QED) is 0.676. The van der Waals surface area contributed by atoms with Crippen LogP contribution in [-0.2, 0) is 20.7 Å². The van der Waals surface area contributed by atoms with Crippen LogP contribution in [0.3, 0.4) is 0 Å². The highest BCUT2D eigenvalue weighted by Crippen LogP contribution is 2.24. The van der Waals surface area contributed by atoms with Crippen molar-refractivity contribution in [1.29, 1.82) is 0 Å². The number of ether oxygens (including phenoxy) is 1. The Hall–Kier alpha value is -2.99. The third-order valence-electron chi connectivity index (χ3n) is 6.03. The molecular weight excluding hydrogens is 390 g/mol. The molecule has 2 amide bonds. The van der Waals surface area contributed by atoms with Gasteiger partial charge in [0, 0.05) is 45.2 Å². The van der Waals surface area contributed by atoms with Gasteiger partial charge in [-0.15, -0.1) is 6.58 Å². The molecule has 1 aromatic heterocycles. The second-order valence-corrected chi connectivity index (χ2v) is 8.20. The first-order valence-corrected chi connectivity index (χ1v) is 10.9. The minimum Gasteiger partial charge on any atom is -0.368 e. The lowest BCUT2D eigenvalue weighted by molar-refractivity contribution is -0.141. The molecule has 2 fully saturated rings. The number of hydrogen-bond donors (Lipinski definition) is 0. The monoisotopic (exact) mass is 419 g/mol. The SMILES string of the molecule is C=CCN1CCN(C(=O)[C@H]2CCCO2)C[C@H](Cc2cccc(-c3ccncc3)c2)C1=O. The molecule has 4 rings (SSSR count). The molecule has 162 valence electrons. The van der Waals surface area contributed by atoms with E-state index < -0.39 is 0 Å². The molecule has 2 aromatic rings. The van der Waals surface area contributed by atoms with E-state index in [9.17, 15) is 9.59 Å². The molecule has 0 saturated carbocycles. The van der Waals surface area contributed by atoms with E-state index in [1.807, 2.05) is 34.1 Å². The fourth-order valence-electron chi connectivity index (χ4n) is 4.42. The fourth-order valence-corrected chi connectivity index (χ4v) is 4.42. The van der Waals surface area contributed by atoms with Crippen molar-refractivity contribution in [3.63, 3.8) is 0 Å². The topological polar surface area (TPSA) is 62.7 Å². The standard InChI is InChI=1S/C25H29N3O3/c1-2-12-27-13-14-28(25(30)23-7-4-15-31-23)18-22(24(27)29)17-19-5-3-6-21(16-19)20-8-10-26-11-9-20/h2-3,5-6,8-11,16,22-23H,1,4,7,12-15,17-18H2/t22-,23+/m0/s1. The minimum atomic E-state index is -0.364. The molecule has 2 aliphatic rings. The second kappa shape index (κ2) is 9.88. The average Bonchev–Trinajstić information content (AvgIpc) is 3.30. The van der Waals surface area contributed by atoms with Gasteiger partial charge in [0.25, 0.3) is 5.91 Å². The summed E-state index contributed by atoms with van der Waals surface area (Å²) in [6.45, 7) is 6.40. The molecule has 0 N–H and O–H groups in total. The second-order valence-electron chi connectivity index (χ2n) is 8.20. The molecule has 0 bridgehead atoms. The number of rotatable bonds is 6. The van der Waals surface area contributed by atoms with E-state index in [0.717, 1.165) is 29.5 Å². The van der Waals surface area contributed by atoms with Crippen molar-refractivity contribution < 1.29 is 14.3 Å². The highest BCUT2D eigenvalue weighted by Gasteiger charge is 2.35. The Balaban J connectivity index is 1.55. The molecule has 1 aromatic carbocycles. The molecule has 6 nitrogen and oxygen atoms in total. The van der Waals surface area contributed by atoms with Crippen LogP contribution in [0.5, 0.6) is 0 Å². The van der Waals surface area contributed by atoms with Crippen LogP contribution in [0.2, 0.25) is 0 Å². The van der Waals surface area contributed by atoms with Crippen molar-refractivity contribution in [3.8, 4) is 11.1 Å². The van der Waals surface area contributed by atoms with Gasteiger partial charge in [0.05, 0.1) is 5.92 Å². The van der Waals surface area contributed by atoms with Gasteiger partial charge in [-0.2, -0.15) is 0 Å². The molecule has 2 aliphatic heterocycles. The molecule has 2 saturated heterocycles. The van der Waals surface area contributed by atoms with Crippen LogP contribution >= 0.6 is 0 Å². The van der Waals surface area contributed by atoms with Crippen LogP contribution in [0, 0.1) is 5.92 Å². The van der Waals surface area contributed by atoms with Crippen molar-refractivity contribution in [2.45, 2.75) is 25.4 Å². The molecule has 31 heavy (non-hydrogen) atoms. The first kappa shape index (κ1) is 21.2. The lowest BCUT2D eigenvalue weighted by atomic mass is 9.95. The molecule has 2 atom stereocenters. The van der Waals surface area contributed by atoms with Gasteiger partial charge in [-0.3, -0.25) is 14.6 Å². The molecule has 0 aliphatic carbocycles. The average molecular weight is 420 g/mol. The molecule has 0 spiro atoms. The smallest absolute Gasteiger partial charge is 0.251 e. The molecule has 6 heteroatoms. The summed E-state index contributed by atoms with van der Waals surface area (Å²) in [5.74, 6) is -0.196. The zero-order chi connectivity index (χ0) is 21.6. The van der Waals surface area contributed by atoms with Crippen LogP contribution in [0.1, 0.15) is 18.4 Å². The number of hydrogen-bond acceptors (Lipinski definition) is 4. The summed E-state index contributed by atoms with van der Waals surface area (Å²) in [5.41, 5.74) is 3.27. The van der Waals surface area contributed by atoms with Gasteiger partial charge in [-0.25, -0.2) is 0 Å². The van der Waals surface area contributed by atoms with Crippen molar-refractivity contribution in [2.24, 2.45) is 5.92 Å². The first-order valence-electron chi connectivity index (χ1n) is 10.9. The zero-order valence-corrected chi connectivity index (χ0v) is 17.8. The van der Waals surface area contributed by atoms with Gasteiger partial charge < -0.3 is 14.5 Å². The Bertz CT molecular complexity index is 925. The minimum absolute atomic E-state index is 0.0151. The Morgan fingerprint density at radius 2 is 2.03 bits per heavy atom. The predicted octanol–water partition coefficient (Wildman–Crippen LogP) is 2.94. The number of amides is 2. The van der Waals surface area contributed by atoms with Crippen molar-refractivity contribution in [3.05, 3.63) is 67.0 Å². The molecular formula is C25H29N3O3. The Morgan fingerprint density at radius 3 is 2.77 bits per heavy atom. The number of carbonyl (C=O) groups excluding carboxylic acids is 2. The number of pyridine rings is 1. The van der Waals surface area contributed by atoms with Gasteiger partial charge in [-0.05, 0) is 48.1 Å². The lowest BCUT2D eigenvalue weighted by Gasteiger charge is -2.25. The maximum atomic E-state index is 13.3. The van der Waals surface area contributed by atoms with Crippen molar-refractivity contribution >= 4 is 11.8 Å². The highest BCUT2D eigenvalue weighted by atomic mass is 16.5. The summed E-state index contributed by atoms with van der Waals surface area (Å²) < 4.78 is 5.62. The number of aromatic nitrogens is 1. The Morgan fingerprint density at radius 1 is 1.19 bits per heavy atom. The summed E-state index contributed by atoms with van der Waals surface area (Å²) in [6.07, 6.45) is 7.20. The van der Waals surface area contributed by atoms with E-state index in [2.05, 4.69) is 23.7 Å². The van der Waals surface area contributed by atoms with Gasteiger partial charge in [0.2, 0.25) is 5.91 Å². The van der Waals surface area contributed by atoms with E-state index in [0.29, 0.717) is 39.2 Å². The van der Waals surface area contributed by atoms with Crippen LogP contribution in [0.25, 0.3) is 11.1 Å². The number of nitrogens with zero attached hydrogens (tertiary/aromatic N) is 3. The normalized spacial score (nSPS) is 21.7. The van der Waals surface area contributed by atoms with E-state index in [-0.39, 0.29) is 23.8 Å². The highest BCUT2D eigenvalue weighted by molar-refractivity contribution is 5.84. The largest absolute Gasteiger partial charge is 0.368 e. The van der Waals surface area contributed by atoms with Gasteiger partial charge in [0.1, 0.15) is 6.10 Å². The predicted molar refractivity (Wildman–Crippen MR) is 119 cm³/mol. The third-order valence-corrected chi connectivity index (χ3v) is 6.03. The maximum absolute atomic E-state index is 13.3. The summed E-state index contributed by atoms with van der Waals surface area (Å²) in [4.78, 5) is 34.0. The van der Waals surface area contributed by atoms with Crippen molar-refractivity contribution in [1.82, 2.24) is 14.8 Å². The van der Waals surface area contributed by atoms with Crippen molar-refractivity contribution in [2.75, 3.05) is 32.8 Å². The Kier molecular flexibility index (Phi) is 6.77. The number of benzene rings is 1. The van der Waals surface area contributed by atoms with Gasteiger partial charge >= 0.3 is 0 Å². The molecule has 0 radical (unpaired) electrons. The molecule has 0 unspecified atom stereocenters. The van der Waals surface area contributed by atoms with E-state index in [1.165, 1.54) is 0 Å². The zero-order valence-electron chi connectivity index (χ0n) is 17.8.